The average molecular weight is 659 g/mol. The van der Waals surface area contributed by atoms with Gasteiger partial charge in [-0.05, 0) is 81.6 Å². The van der Waals surface area contributed by atoms with Crippen LogP contribution in [0.1, 0.15) is 51.8 Å². The first-order valence-corrected chi connectivity index (χ1v) is 15.8. The summed E-state index contributed by atoms with van der Waals surface area (Å²) in [5.41, 5.74) is 3.05. The summed E-state index contributed by atoms with van der Waals surface area (Å²) in [6, 6.07) is 16.4. The fraction of sp³-hybridized carbons (Fsp3) is 0.438. The van der Waals surface area contributed by atoms with Crippen LogP contribution in [0.15, 0.2) is 54.9 Å². The van der Waals surface area contributed by atoms with Gasteiger partial charge in [0.1, 0.15) is 5.60 Å². The summed E-state index contributed by atoms with van der Waals surface area (Å²) < 4.78 is 7.38. The van der Waals surface area contributed by atoms with Gasteiger partial charge in [-0.3, -0.25) is 4.90 Å². The number of imidazole rings is 1. The van der Waals surface area contributed by atoms with Gasteiger partial charge < -0.3 is 19.1 Å². The van der Waals surface area contributed by atoms with E-state index in [2.05, 4.69) is 57.9 Å². The molecule has 0 saturated carbocycles. The molecule has 5 rings (SSSR count). The standard InChI is InChI=1S/C32H38Cl3N7O2/c1-20-18-42(21(2)17-41(20)27(22-7-11-24(33)12-8-22)23-9-13-25(34)14-10-23)29-26-28(37-30(35)38-29)40(19-36-26)16-15-39(6)31(43)44-32(3,4)5/h7-14,19-21,27H,15-18H2,1-6H3/t20-,21+/m1/s1. The minimum Gasteiger partial charge on any atom is -0.444 e. The Morgan fingerprint density at radius 1 is 0.955 bits per heavy atom. The van der Waals surface area contributed by atoms with Crippen molar-refractivity contribution in [2.75, 3.05) is 31.6 Å². The van der Waals surface area contributed by atoms with Gasteiger partial charge in [0.15, 0.2) is 17.0 Å². The first-order valence-electron chi connectivity index (χ1n) is 14.7. The van der Waals surface area contributed by atoms with E-state index in [1.165, 1.54) is 0 Å². The van der Waals surface area contributed by atoms with Gasteiger partial charge in [-0.2, -0.15) is 9.97 Å². The lowest BCUT2D eigenvalue weighted by atomic mass is 9.93. The van der Waals surface area contributed by atoms with Crippen LogP contribution in [0.5, 0.6) is 0 Å². The molecule has 1 aliphatic heterocycles. The number of carbonyl (C=O) groups excluding carboxylic acids is 1. The van der Waals surface area contributed by atoms with E-state index in [0.29, 0.717) is 46.7 Å². The zero-order chi connectivity index (χ0) is 31.8. The Morgan fingerprint density at radius 2 is 1.55 bits per heavy atom. The monoisotopic (exact) mass is 657 g/mol. The molecule has 1 amide bonds. The zero-order valence-corrected chi connectivity index (χ0v) is 28.1. The number of fused-ring (bicyclic) bond motifs is 1. The van der Waals surface area contributed by atoms with Crippen LogP contribution in [-0.2, 0) is 11.3 Å². The lowest BCUT2D eigenvalue weighted by Crippen LogP contribution is -2.57. The summed E-state index contributed by atoms with van der Waals surface area (Å²) in [6.45, 7) is 12.3. The minimum absolute atomic E-state index is 0.0133. The van der Waals surface area contributed by atoms with Gasteiger partial charge in [-0.1, -0.05) is 47.5 Å². The minimum atomic E-state index is -0.565. The third kappa shape index (κ3) is 7.23. The molecule has 4 aromatic rings. The molecular weight excluding hydrogens is 621 g/mol. The van der Waals surface area contributed by atoms with Crippen molar-refractivity contribution in [2.24, 2.45) is 0 Å². The number of ether oxygens (including phenoxy) is 1. The Balaban J connectivity index is 1.39. The number of likely N-dealkylation sites (N-methyl/N-ethyl adjacent to an activating group) is 1. The predicted octanol–water partition coefficient (Wildman–Crippen LogP) is 7.34. The van der Waals surface area contributed by atoms with Crippen LogP contribution in [0.3, 0.4) is 0 Å². The maximum absolute atomic E-state index is 12.5. The summed E-state index contributed by atoms with van der Waals surface area (Å²) >= 11 is 19.0. The SMILES string of the molecule is C[C@@H]1CN(c2nc(Cl)nc3c2ncn3CCN(C)C(=O)OC(C)(C)C)[C@@H](C)CN1C(c1ccc(Cl)cc1)c1ccc(Cl)cc1. The highest BCUT2D eigenvalue weighted by molar-refractivity contribution is 6.30. The number of halogens is 3. The Kier molecular flexibility index (Phi) is 9.61. The number of carbonyl (C=O) groups is 1. The number of hydrogen-bond acceptors (Lipinski definition) is 7. The topological polar surface area (TPSA) is 79.6 Å². The number of nitrogens with zero attached hydrogens (tertiary/aromatic N) is 7. The highest BCUT2D eigenvalue weighted by atomic mass is 35.5. The molecule has 3 heterocycles. The van der Waals surface area contributed by atoms with Crippen molar-refractivity contribution in [3.63, 3.8) is 0 Å². The predicted molar refractivity (Wildman–Crippen MR) is 177 cm³/mol. The van der Waals surface area contributed by atoms with E-state index in [-0.39, 0.29) is 29.5 Å². The second-order valence-corrected chi connectivity index (χ2v) is 13.6. The quantitative estimate of drug-likeness (QED) is 0.192. The van der Waals surface area contributed by atoms with Crippen LogP contribution in [0.2, 0.25) is 15.3 Å². The molecular formula is C32H38Cl3N7O2. The Bertz CT molecular complexity index is 1560. The van der Waals surface area contributed by atoms with Crippen LogP contribution in [0.25, 0.3) is 11.2 Å². The van der Waals surface area contributed by atoms with E-state index >= 15 is 0 Å². The van der Waals surface area contributed by atoms with E-state index < -0.39 is 5.60 Å². The summed E-state index contributed by atoms with van der Waals surface area (Å²) in [5.74, 6) is 0.702. The van der Waals surface area contributed by atoms with Crippen molar-refractivity contribution in [3.05, 3.63) is 81.3 Å². The molecule has 2 aromatic heterocycles. The van der Waals surface area contributed by atoms with Crippen LogP contribution < -0.4 is 4.90 Å². The Labute approximate surface area is 273 Å². The van der Waals surface area contributed by atoms with Crippen molar-refractivity contribution in [1.82, 2.24) is 29.3 Å². The third-order valence-electron chi connectivity index (χ3n) is 7.81. The van der Waals surface area contributed by atoms with Gasteiger partial charge in [0.05, 0.1) is 12.4 Å². The summed E-state index contributed by atoms with van der Waals surface area (Å²) in [4.78, 5) is 32.7. The number of piperazine rings is 1. The molecule has 0 N–H and O–H groups in total. The van der Waals surface area contributed by atoms with E-state index in [9.17, 15) is 4.79 Å². The normalized spacial score (nSPS) is 17.8. The number of hydrogen-bond donors (Lipinski definition) is 0. The summed E-state index contributed by atoms with van der Waals surface area (Å²) in [7, 11) is 1.71. The third-order valence-corrected chi connectivity index (χ3v) is 8.48. The first kappa shape index (κ1) is 32.3. The molecule has 9 nitrogen and oxygen atoms in total. The molecule has 0 spiro atoms. The van der Waals surface area contributed by atoms with Crippen LogP contribution >= 0.6 is 34.8 Å². The lowest BCUT2D eigenvalue weighted by molar-refractivity contribution is 0.0294. The van der Waals surface area contributed by atoms with E-state index in [1.807, 2.05) is 49.6 Å². The summed E-state index contributed by atoms with van der Waals surface area (Å²) in [6.07, 6.45) is 1.34. The van der Waals surface area contributed by atoms with E-state index in [0.717, 1.165) is 17.7 Å². The van der Waals surface area contributed by atoms with Gasteiger partial charge in [0, 0.05) is 55.4 Å². The number of aromatic nitrogens is 4. The van der Waals surface area contributed by atoms with E-state index in [1.54, 1.807) is 18.3 Å². The average Bonchev–Trinajstić information content (AvgIpc) is 3.36. The second-order valence-electron chi connectivity index (χ2n) is 12.4. The molecule has 0 radical (unpaired) electrons. The second kappa shape index (κ2) is 13.1. The summed E-state index contributed by atoms with van der Waals surface area (Å²) in [5, 5.41) is 1.56. The number of anilines is 1. The number of benzene rings is 2. The van der Waals surface area contributed by atoms with Crippen molar-refractivity contribution in [2.45, 2.75) is 64.9 Å². The molecule has 2 aromatic carbocycles. The van der Waals surface area contributed by atoms with Crippen LogP contribution in [-0.4, -0.2) is 79.8 Å². The van der Waals surface area contributed by atoms with Crippen molar-refractivity contribution < 1.29 is 9.53 Å². The van der Waals surface area contributed by atoms with Crippen molar-refractivity contribution >= 4 is 57.9 Å². The van der Waals surface area contributed by atoms with Gasteiger partial charge in [0.25, 0.3) is 0 Å². The molecule has 1 aliphatic rings. The molecule has 1 fully saturated rings. The molecule has 2 atom stereocenters. The molecule has 0 aliphatic carbocycles. The van der Waals surface area contributed by atoms with Crippen LogP contribution in [0, 0.1) is 0 Å². The van der Waals surface area contributed by atoms with Crippen molar-refractivity contribution in [1.29, 1.82) is 0 Å². The maximum Gasteiger partial charge on any atom is 0.410 e. The molecule has 1 saturated heterocycles. The molecule has 234 valence electrons. The fourth-order valence-corrected chi connectivity index (χ4v) is 6.04. The van der Waals surface area contributed by atoms with Gasteiger partial charge in [0.2, 0.25) is 5.28 Å². The molecule has 44 heavy (non-hydrogen) atoms. The molecule has 0 unspecified atom stereocenters. The Hall–Kier alpha value is -3.11. The van der Waals surface area contributed by atoms with Gasteiger partial charge in [-0.15, -0.1) is 0 Å². The van der Waals surface area contributed by atoms with Crippen molar-refractivity contribution in [3.8, 4) is 0 Å². The van der Waals surface area contributed by atoms with Gasteiger partial charge >= 0.3 is 6.09 Å². The lowest BCUT2D eigenvalue weighted by Gasteiger charge is -2.48. The maximum atomic E-state index is 12.5. The number of amides is 1. The highest BCUT2D eigenvalue weighted by Gasteiger charge is 2.36. The Morgan fingerprint density at radius 3 is 2.11 bits per heavy atom. The number of rotatable bonds is 7. The van der Waals surface area contributed by atoms with E-state index in [4.69, 9.17) is 44.5 Å². The van der Waals surface area contributed by atoms with Gasteiger partial charge in [-0.25, -0.2) is 9.78 Å². The molecule has 0 bridgehead atoms. The largest absolute Gasteiger partial charge is 0.444 e. The smallest absolute Gasteiger partial charge is 0.410 e. The van der Waals surface area contributed by atoms with Crippen LogP contribution in [0.4, 0.5) is 10.6 Å². The fourth-order valence-electron chi connectivity index (χ4n) is 5.63. The first-order chi connectivity index (χ1) is 20.8. The zero-order valence-electron chi connectivity index (χ0n) is 25.8. The molecule has 12 heteroatoms. The highest BCUT2D eigenvalue weighted by Crippen LogP contribution is 2.36.